The molecular formula is C8H27O5Zr-. The topological polar surface area (TPSA) is 101 Å². The summed E-state index contributed by atoms with van der Waals surface area (Å²) in [5, 5.41) is 35.9. The minimum absolute atomic E-state index is 0. The largest absolute Gasteiger partial charge is 0.400 e. The van der Waals surface area contributed by atoms with Crippen LogP contribution in [-0.2, 0) is 26.2 Å². The first-order valence-electron chi connectivity index (χ1n) is 3.31. The molecule has 0 saturated carbocycles. The third-order valence-corrected chi connectivity index (χ3v) is 0.224. The Bertz CT molecular complexity index is 19.7. The maximum atomic E-state index is 7.88. The van der Waals surface area contributed by atoms with E-state index in [9.17, 15) is 0 Å². The van der Waals surface area contributed by atoms with Crippen LogP contribution >= 0.6 is 0 Å². The molecular weight excluding hydrogens is 267 g/mol. The number of aliphatic hydroxyl groups is 5. The van der Waals surface area contributed by atoms with Crippen LogP contribution in [0.4, 0.5) is 0 Å². The van der Waals surface area contributed by atoms with Crippen molar-refractivity contribution in [1.29, 1.82) is 0 Å². The van der Waals surface area contributed by atoms with Crippen molar-refractivity contribution in [2.75, 3.05) is 35.0 Å². The van der Waals surface area contributed by atoms with E-state index < -0.39 is 0 Å². The molecule has 0 heterocycles. The van der Waals surface area contributed by atoms with E-state index in [2.05, 4.69) is 0 Å². The van der Waals surface area contributed by atoms with Crippen molar-refractivity contribution in [3.63, 3.8) is 0 Å². The molecule has 0 aromatic heterocycles. The average Bonchev–Trinajstić information content (AvgIpc) is 2.29. The maximum absolute atomic E-state index is 7.88. The summed E-state index contributed by atoms with van der Waals surface area (Å²) >= 11 is 0. The molecule has 14 heavy (non-hydrogen) atoms. The van der Waals surface area contributed by atoms with Crippen LogP contribution in [0.3, 0.4) is 0 Å². The van der Waals surface area contributed by atoms with Crippen molar-refractivity contribution in [1.82, 2.24) is 0 Å². The molecule has 6 heteroatoms. The van der Waals surface area contributed by atoms with Gasteiger partial charge in [0.25, 0.3) is 0 Å². The molecule has 0 unspecified atom stereocenters. The van der Waals surface area contributed by atoms with Crippen LogP contribution in [0.2, 0.25) is 0 Å². The fourth-order valence-corrected chi connectivity index (χ4v) is 0. The van der Waals surface area contributed by atoms with Crippen LogP contribution in [-0.4, -0.2) is 60.6 Å². The van der Waals surface area contributed by atoms with Gasteiger partial charge in [0.05, 0.1) is 0 Å². The van der Waals surface area contributed by atoms with E-state index in [4.69, 9.17) is 25.5 Å². The Kier molecular flexibility index (Phi) is 1020. The Morgan fingerprint density at radius 1 is 0.714 bits per heavy atom. The van der Waals surface area contributed by atoms with Gasteiger partial charge in [-0.2, -0.15) is 0 Å². The molecule has 0 aliphatic carbocycles. The first kappa shape index (κ1) is 46.6. The second-order valence-electron chi connectivity index (χ2n) is 0.724. The van der Waals surface area contributed by atoms with Crippen LogP contribution in [0.15, 0.2) is 0 Å². The molecule has 0 aromatic carbocycles. The van der Waals surface area contributed by atoms with Gasteiger partial charge in [0.2, 0.25) is 0 Å². The zero-order valence-corrected chi connectivity index (χ0v) is 12.6. The standard InChI is InChI=1S/C3H8O.4CH4O.CH3.Zr/c1-2-3-4;4*1-2;;/h4H,2-3H2,1H3;4*2H,1H3;1H3;/q;;;;;-1;. The molecule has 0 aliphatic rings. The van der Waals surface area contributed by atoms with Gasteiger partial charge in [-0.1, -0.05) is 6.92 Å². The summed E-state index contributed by atoms with van der Waals surface area (Å²) in [5.41, 5.74) is 0. The second kappa shape index (κ2) is 306. The van der Waals surface area contributed by atoms with Gasteiger partial charge >= 0.3 is 0 Å². The van der Waals surface area contributed by atoms with E-state index in [-0.39, 0.29) is 33.6 Å². The third-order valence-electron chi connectivity index (χ3n) is 0.224. The molecule has 94 valence electrons. The number of rotatable bonds is 1. The van der Waals surface area contributed by atoms with Gasteiger partial charge in [0, 0.05) is 61.2 Å². The Morgan fingerprint density at radius 3 is 0.786 bits per heavy atom. The molecule has 0 atom stereocenters. The summed E-state index contributed by atoms with van der Waals surface area (Å²) < 4.78 is 0. The van der Waals surface area contributed by atoms with Crippen LogP contribution in [0.25, 0.3) is 0 Å². The molecule has 0 aliphatic heterocycles. The number of hydrogen-bond acceptors (Lipinski definition) is 5. The first-order valence-corrected chi connectivity index (χ1v) is 3.31. The van der Waals surface area contributed by atoms with Crippen molar-refractivity contribution in [2.45, 2.75) is 13.3 Å². The third kappa shape index (κ3) is 611. The summed E-state index contributed by atoms with van der Waals surface area (Å²) in [4.78, 5) is 0. The summed E-state index contributed by atoms with van der Waals surface area (Å²) in [7, 11) is 4.00. The molecule has 5 N–H and O–H groups in total. The molecule has 0 rings (SSSR count). The quantitative estimate of drug-likeness (QED) is 0.411. The van der Waals surface area contributed by atoms with Gasteiger partial charge in [0.1, 0.15) is 0 Å². The van der Waals surface area contributed by atoms with E-state index in [0.717, 1.165) is 34.9 Å². The molecule has 0 spiro atoms. The van der Waals surface area contributed by atoms with Gasteiger partial charge in [-0.15, -0.1) is 0 Å². The minimum atomic E-state index is 0. The number of hydrogen-bond donors (Lipinski definition) is 5. The Morgan fingerprint density at radius 2 is 0.786 bits per heavy atom. The van der Waals surface area contributed by atoms with Gasteiger partial charge in [-0.25, -0.2) is 0 Å². The molecule has 0 amide bonds. The fourth-order valence-electron chi connectivity index (χ4n) is 0. The van der Waals surface area contributed by atoms with Crippen molar-refractivity contribution in [2.24, 2.45) is 0 Å². The van der Waals surface area contributed by atoms with Crippen LogP contribution < -0.4 is 0 Å². The zero-order chi connectivity index (χ0) is 11.4. The zero-order valence-electron chi connectivity index (χ0n) is 10.2. The molecule has 0 fully saturated rings. The van der Waals surface area contributed by atoms with Crippen molar-refractivity contribution >= 4 is 0 Å². The summed E-state index contributed by atoms with van der Waals surface area (Å²) in [6, 6.07) is 0. The molecule has 0 aromatic rings. The summed E-state index contributed by atoms with van der Waals surface area (Å²) in [5.74, 6) is 0. The minimum Gasteiger partial charge on any atom is -0.400 e. The average molecular weight is 295 g/mol. The van der Waals surface area contributed by atoms with Crippen LogP contribution in [0.5, 0.6) is 0 Å². The Hall–Kier alpha value is 0.683. The predicted octanol–water partition coefficient (Wildman–Crippen LogP) is -0.730. The van der Waals surface area contributed by atoms with E-state index in [1.54, 1.807) is 0 Å². The Labute approximate surface area is 108 Å². The van der Waals surface area contributed by atoms with E-state index in [1.807, 2.05) is 6.92 Å². The molecule has 0 bridgehead atoms. The van der Waals surface area contributed by atoms with Crippen LogP contribution in [0, 0.1) is 7.43 Å². The van der Waals surface area contributed by atoms with Crippen molar-refractivity contribution in [3.05, 3.63) is 7.43 Å². The second-order valence-corrected chi connectivity index (χ2v) is 0.724. The number of aliphatic hydroxyl groups excluding tert-OH is 5. The smallest absolute Gasteiger partial charge is 0.0428 e. The van der Waals surface area contributed by atoms with Gasteiger partial charge < -0.3 is 33.0 Å². The normalized spacial score (nSPS) is 3.86. The van der Waals surface area contributed by atoms with E-state index in [1.165, 1.54) is 0 Å². The Balaban J connectivity index is -0.00000000887. The van der Waals surface area contributed by atoms with Crippen LogP contribution in [0.1, 0.15) is 13.3 Å². The molecule has 0 radical (unpaired) electrons. The summed E-state index contributed by atoms with van der Waals surface area (Å²) in [6.07, 6.45) is 0.875. The van der Waals surface area contributed by atoms with Crippen molar-refractivity contribution in [3.8, 4) is 0 Å². The fraction of sp³-hybridized carbons (Fsp3) is 0.875. The SMILES string of the molecule is CCCO.CO.CO.CO.CO.[CH3-].[Zr]. The summed E-state index contributed by atoms with van der Waals surface area (Å²) in [6.45, 7) is 2.25. The van der Waals surface area contributed by atoms with E-state index in [0.29, 0.717) is 6.61 Å². The van der Waals surface area contributed by atoms with E-state index >= 15 is 0 Å². The molecule has 5 nitrogen and oxygen atoms in total. The van der Waals surface area contributed by atoms with Crippen molar-refractivity contribution < 1.29 is 51.7 Å². The first-order chi connectivity index (χ1) is 5.91. The predicted molar refractivity (Wildman–Crippen MR) is 56.4 cm³/mol. The van der Waals surface area contributed by atoms with Gasteiger partial charge in [-0.05, 0) is 6.42 Å². The molecule has 0 saturated heterocycles. The van der Waals surface area contributed by atoms with Gasteiger partial charge in [-0.3, -0.25) is 0 Å². The monoisotopic (exact) mass is 293 g/mol. The maximum Gasteiger partial charge on any atom is 0.0428 e. The van der Waals surface area contributed by atoms with Gasteiger partial charge in [0.15, 0.2) is 0 Å².